The third kappa shape index (κ3) is 1.85. The summed E-state index contributed by atoms with van der Waals surface area (Å²) >= 11 is 0. The fourth-order valence-electron chi connectivity index (χ4n) is 2.44. The van der Waals surface area contributed by atoms with E-state index in [1.807, 2.05) is 6.08 Å². The van der Waals surface area contributed by atoms with Crippen LogP contribution in [0.3, 0.4) is 0 Å². The van der Waals surface area contributed by atoms with E-state index in [2.05, 4.69) is 6.58 Å². The Morgan fingerprint density at radius 2 is 1.86 bits per heavy atom. The highest BCUT2D eigenvalue weighted by Crippen LogP contribution is 2.39. The highest BCUT2D eigenvalue weighted by Gasteiger charge is 2.40. The van der Waals surface area contributed by atoms with Crippen molar-refractivity contribution in [3.8, 4) is 0 Å². The molecule has 1 saturated carbocycles. The Morgan fingerprint density at radius 1 is 1.29 bits per heavy atom. The summed E-state index contributed by atoms with van der Waals surface area (Å²) in [4.78, 5) is 0. The van der Waals surface area contributed by atoms with Gasteiger partial charge in [0.05, 0.1) is 13.2 Å². The zero-order valence-corrected chi connectivity index (χ0v) is 8.58. The molecule has 3 heteroatoms. The number of rotatable bonds is 2. The molecular weight excluding hydrogens is 178 g/mol. The van der Waals surface area contributed by atoms with Gasteiger partial charge in [0.25, 0.3) is 0 Å². The summed E-state index contributed by atoms with van der Waals surface area (Å²) in [6.45, 7) is 5.23. The molecule has 2 aliphatic rings. The minimum absolute atomic E-state index is 0.133. The predicted molar refractivity (Wildman–Crippen MR) is 54.8 cm³/mol. The normalized spacial score (nSPS) is 29.2. The second-order valence-electron chi connectivity index (χ2n) is 4.26. The Labute approximate surface area is 85.3 Å². The maximum Gasteiger partial charge on any atom is 0.168 e. The van der Waals surface area contributed by atoms with Crippen molar-refractivity contribution < 1.29 is 9.47 Å². The third-order valence-corrected chi connectivity index (χ3v) is 3.42. The molecule has 1 aliphatic heterocycles. The summed E-state index contributed by atoms with van der Waals surface area (Å²) in [6, 6.07) is 0.133. The summed E-state index contributed by atoms with van der Waals surface area (Å²) in [5, 5.41) is 0. The molecule has 0 radical (unpaired) electrons. The van der Waals surface area contributed by atoms with E-state index in [0.29, 0.717) is 5.92 Å². The second-order valence-corrected chi connectivity index (χ2v) is 4.26. The molecule has 2 rings (SSSR count). The Balaban J connectivity index is 1.88. The van der Waals surface area contributed by atoms with Crippen molar-refractivity contribution in [3.05, 3.63) is 12.7 Å². The summed E-state index contributed by atoms with van der Waals surface area (Å²) in [7, 11) is 0. The van der Waals surface area contributed by atoms with Crippen LogP contribution in [0.4, 0.5) is 0 Å². The molecule has 1 heterocycles. The first-order valence-corrected chi connectivity index (χ1v) is 5.42. The Morgan fingerprint density at radius 3 is 2.36 bits per heavy atom. The summed E-state index contributed by atoms with van der Waals surface area (Å²) in [5.41, 5.74) is 5.94. The average Bonchev–Trinajstić information content (AvgIpc) is 2.67. The minimum atomic E-state index is -0.253. The van der Waals surface area contributed by atoms with Crippen molar-refractivity contribution in [3.63, 3.8) is 0 Å². The van der Waals surface area contributed by atoms with E-state index >= 15 is 0 Å². The largest absolute Gasteiger partial charge is 0.348 e. The molecule has 1 aliphatic carbocycles. The molecule has 2 fully saturated rings. The van der Waals surface area contributed by atoms with Crippen LogP contribution >= 0.6 is 0 Å². The number of hydrogen-bond donors (Lipinski definition) is 1. The van der Waals surface area contributed by atoms with E-state index in [1.165, 1.54) is 0 Å². The standard InChI is InChI=1S/C11H19NO2/c1-2-10(12)9-3-5-11(6-4-9)13-7-8-14-11/h2,9-10H,1,3-8,12H2. The zero-order valence-electron chi connectivity index (χ0n) is 8.58. The van der Waals surface area contributed by atoms with Gasteiger partial charge in [-0.05, 0) is 18.8 Å². The van der Waals surface area contributed by atoms with Crippen LogP contribution in [0, 0.1) is 5.92 Å². The number of nitrogens with two attached hydrogens (primary N) is 1. The molecule has 0 aromatic heterocycles. The van der Waals surface area contributed by atoms with Gasteiger partial charge in [0, 0.05) is 18.9 Å². The number of hydrogen-bond acceptors (Lipinski definition) is 3. The topological polar surface area (TPSA) is 44.5 Å². The van der Waals surface area contributed by atoms with Crippen LogP contribution in [0.1, 0.15) is 25.7 Å². The van der Waals surface area contributed by atoms with Crippen LogP contribution in [0.5, 0.6) is 0 Å². The lowest BCUT2D eigenvalue weighted by Crippen LogP contribution is -2.39. The maximum atomic E-state index is 5.94. The molecule has 0 aromatic rings. The molecule has 1 unspecified atom stereocenters. The first kappa shape index (κ1) is 10.1. The van der Waals surface area contributed by atoms with Gasteiger partial charge in [-0.15, -0.1) is 6.58 Å². The van der Waals surface area contributed by atoms with E-state index in [0.717, 1.165) is 38.9 Å². The summed E-state index contributed by atoms with van der Waals surface area (Å²) in [5.74, 6) is 0.308. The van der Waals surface area contributed by atoms with Crippen LogP contribution in [0.2, 0.25) is 0 Å². The first-order chi connectivity index (χ1) is 6.76. The lowest BCUT2D eigenvalue weighted by atomic mass is 9.81. The van der Waals surface area contributed by atoms with Crippen LogP contribution in [0.25, 0.3) is 0 Å². The van der Waals surface area contributed by atoms with Gasteiger partial charge in [-0.25, -0.2) is 0 Å². The van der Waals surface area contributed by atoms with Gasteiger partial charge in [-0.1, -0.05) is 6.08 Å². The first-order valence-electron chi connectivity index (χ1n) is 5.42. The van der Waals surface area contributed by atoms with E-state index in [-0.39, 0.29) is 11.8 Å². The van der Waals surface area contributed by atoms with E-state index in [1.54, 1.807) is 0 Å². The van der Waals surface area contributed by atoms with Crippen molar-refractivity contribution in [2.75, 3.05) is 13.2 Å². The van der Waals surface area contributed by atoms with Gasteiger partial charge in [0.15, 0.2) is 5.79 Å². The predicted octanol–water partition coefficient (Wildman–Crippen LogP) is 1.43. The monoisotopic (exact) mass is 197 g/mol. The van der Waals surface area contributed by atoms with Crippen molar-refractivity contribution in [1.29, 1.82) is 0 Å². The van der Waals surface area contributed by atoms with Crippen LogP contribution in [-0.4, -0.2) is 25.0 Å². The SMILES string of the molecule is C=CC(N)C1CCC2(CC1)OCCO2. The van der Waals surface area contributed by atoms with Gasteiger partial charge in [0.1, 0.15) is 0 Å². The third-order valence-electron chi connectivity index (χ3n) is 3.42. The molecule has 3 nitrogen and oxygen atoms in total. The Hall–Kier alpha value is -0.380. The quantitative estimate of drug-likeness (QED) is 0.681. The van der Waals surface area contributed by atoms with Gasteiger partial charge in [-0.2, -0.15) is 0 Å². The van der Waals surface area contributed by atoms with Gasteiger partial charge < -0.3 is 15.2 Å². The fourth-order valence-corrected chi connectivity index (χ4v) is 2.44. The highest BCUT2D eigenvalue weighted by molar-refractivity contribution is 4.93. The van der Waals surface area contributed by atoms with Crippen molar-refractivity contribution in [2.24, 2.45) is 11.7 Å². The van der Waals surface area contributed by atoms with Crippen LogP contribution < -0.4 is 5.73 Å². The van der Waals surface area contributed by atoms with Crippen molar-refractivity contribution in [1.82, 2.24) is 0 Å². The second kappa shape index (κ2) is 4.01. The van der Waals surface area contributed by atoms with E-state index in [4.69, 9.17) is 15.2 Å². The minimum Gasteiger partial charge on any atom is -0.348 e. The lowest BCUT2D eigenvalue weighted by molar-refractivity contribution is -0.182. The van der Waals surface area contributed by atoms with E-state index < -0.39 is 0 Å². The Kier molecular flexibility index (Phi) is 2.91. The van der Waals surface area contributed by atoms with Crippen LogP contribution in [0.15, 0.2) is 12.7 Å². The van der Waals surface area contributed by atoms with E-state index in [9.17, 15) is 0 Å². The van der Waals surface area contributed by atoms with Gasteiger partial charge >= 0.3 is 0 Å². The smallest absolute Gasteiger partial charge is 0.168 e. The van der Waals surface area contributed by atoms with Crippen molar-refractivity contribution in [2.45, 2.75) is 37.5 Å². The molecule has 0 aromatic carbocycles. The highest BCUT2D eigenvalue weighted by atomic mass is 16.7. The van der Waals surface area contributed by atoms with Gasteiger partial charge in [0.2, 0.25) is 0 Å². The zero-order chi connectivity index (χ0) is 10.0. The summed E-state index contributed by atoms with van der Waals surface area (Å²) < 4.78 is 11.3. The molecule has 14 heavy (non-hydrogen) atoms. The summed E-state index contributed by atoms with van der Waals surface area (Å²) in [6.07, 6.45) is 6.00. The Bertz CT molecular complexity index is 201. The molecule has 1 spiro atoms. The maximum absolute atomic E-state index is 5.94. The van der Waals surface area contributed by atoms with Crippen molar-refractivity contribution >= 4 is 0 Å². The number of ether oxygens (including phenoxy) is 2. The fraction of sp³-hybridized carbons (Fsp3) is 0.818. The molecular formula is C11H19NO2. The molecule has 0 amide bonds. The van der Waals surface area contributed by atoms with Gasteiger partial charge in [-0.3, -0.25) is 0 Å². The molecule has 2 N–H and O–H groups in total. The molecule has 0 bridgehead atoms. The lowest BCUT2D eigenvalue weighted by Gasteiger charge is -2.36. The molecule has 1 atom stereocenters. The van der Waals surface area contributed by atoms with Crippen LogP contribution in [-0.2, 0) is 9.47 Å². The molecule has 80 valence electrons. The average molecular weight is 197 g/mol. The molecule has 1 saturated heterocycles.